The van der Waals surface area contributed by atoms with Gasteiger partial charge in [0.2, 0.25) is 0 Å². The van der Waals surface area contributed by atoms with Gasteiger partial charge in [-0.1, -0.05) is 0 Å². The zero-order valence-corrected chi connectivity index (χ0v) is 10.7. The second-order valence-corrected chi connectivity index (χ2v) is 4.02. The Kier molecular flexibility index (Phi) is 4.46. The van der Waals surface area contributed by atoms with Crippen molar-refractivity contribution in [3.63, 3.8) is 0 Å². The molecule has 0 fully saturated rings. The van der Waals surface area contributed by atoms with E-state index in [4.69, 9.17) is 10.5 Å². The van der Waals surface area contributed by atoms with Crippen molar-refractivity contribution < 1.29 is 13.5 Å². The molecule has 0 aliphatic rings. The lowest BCUT2D eigenvalue weighted by Gasteiger charge is -2.09. The third-order valence-electron chi connectivity index (χ3n) is 2.37. The molecule has 0 aliphatic carbocycles. The highest BCUT2D eigenvalue weighted by atomic mass is 19.3. The third-order valence-corrected chi connectivity index (χ3v) is 2.37. The number of rotatable bonds is 5. The number of halogens is 2. The lowest BCUT2D eigenvalue weighted by atomic mass is 10.2. The molecule has 0 radical (unpaired) electrons. The zero-order chi connectivity index (χ0) is 14.5. The lowest BCUT2D eigenvalue weighted by molar-refractivity contribution is 0.0815. The summed E-state index contributed by atoms with van der Waals surface area (Å²) in [7, 11) is 0. The molecule has 2 aromatic heterocycles. The van der Waals surface area contributed by atoms with E-state index in [1.54, 1.807) is 6.92 Å². The van der Waals surface area contributed by atoms with Gasteiger partial charge in [0.25, 0.3) is 6.43 Å². The van der Waals surface area contributed by atoms with Crippen molar-refractivity contribution in [2.45, 2.75) is 19.4 Å². The van der Waals surface area contributed by atoms with Gasteiger partial charge in [0.05, 0.1) is 18.1 Å². The van der Waals surface area contributed by atoms with Crippen LogP contribution < -0.4 is 10.5 Å². The molecule has 0 bridgehead atoms. The van der Waals surface area contributed by atoms with E-state index in [1.165, 1.54) is 24.8 Å². The van der Waals surface area contributed by atoms with E-state index in [0.717, 1.165) is 0 Å². The smallest absolute Gasteiger partial charge is 0.272 e. The Morgan fingerprint density at radius 3 is 2.40 bits per heavy atom. The summed E-state index contributed by atoms with van der Waals surface area (Å²) in [6, 6.07) is -0.322. The second-order valence-electron chi connectivity index (χ2n) is 4.02. The Labute approximate surface area is 114 Å². The van der Waals surface area contributed by atoms with Gasteiger partial charge in [-0.25, -0.2) is 23.7 Å². The molecule has 2 aromatic rings. The molecule has 6 nitrogen and oxygen atoms in total. The molecule has 0 amide bonds. The van der Waals surface area contributed by atoms with Crippen LogP contribution in [0.5, 0.6) is 5.75 Å². The van der Waals surface area contributed by atoms with E-state index in [9.17, 15) is 8.78 Å². The summed E-state index contributed by atoms with van der Waals surface area (Å²) in [5, 5.41) is 0. The van der Waals surface area contributed by atoms with E-state index in [-0.39, 0.29) is 11.8 Å². The van der Waals surface area contributed by atoms with Crippen LogP contribution in [0.1, 0.15) is 18.7 Å². The van der Waals surface area contributed by atoms with Crippen LogP contribution >= 0.6 is 0 Å². The van der Waals surface area contributed by atoms with Crippen LogP contribution in [0.3, 0.4) is 0 Å². The fourth-order valence-electron chi connectivity index (χ4n) is 1.53. The van der Waals surface area contributed by atoms with E-state index in [1.807, 2.05) is 0 Å². The monoisotopic (exact) mass is 281 g/mol. The Morgan fingerprint density at radius 1 is 1.15 bits per heavy atom. The van der Waals surface area contributed by atoms with E-state index in [2.05, 4.69) is 19.9 Å². The summed E-state index contributed by atoms with van der Waals surface area (Å²) in [4.78, 5) is 16.3. The predicted octanol–water partition coefficient (Wildman–Crippen LogP) is 1.60. The van der Waals surface area contributed by atoms with Gasteiger partial charge >= 0.3 is 0 Å². The number of ether oxygens (including phenoxy) is 1. The Bertz CT molecular complexity index is 562. The van der Waals surface area contributed by atoms with Crippen LogP contribution in [0.25, 0.3) is 11.5 Å². The largest absolute Gasteiger partial charge is 0.484 e. The number of hydrogen-bond acceptors (Lipinski definition) is 6. The first-order valence-corrected chi connectivity index (χ1v) is 5.87. The number of alkyl halides is 2. The summed E-state index contributed by atoms with van der Waals surface area (Å²) in [6.45, 7) is 1.08. The SMILES string of the molecule is CC(N)c1nccnc1-c1ncc(OCC(F)F)cn1. The molecule has 106 valence electrons. The summed E-state index contributed by atoms with van der Waals surface area (Å²) >= 11 is 0. The molecule has 0 spiro atoms. The first-order valence-electron chi connectivity index (χ1n) is 5.87. The summed E-state index contributed by atoms with van der Waals surface area (Å²) in [5.41, 5.74) is 6.82. The average Bonchev–Trinajstić information content (AvgIpc) is 2.45. The lowest BCUT2D eigenvalue weighted by Crippen LogP contribution is -2.11. The first kappa shape index (κ1) is 14.2. The minimum Gasteiger partial charge on any atom is -0.484 e. The summed E-state index contributed by atoms with van der Waals surface area (Å²) in [6.07, 6.45) is 3.11. The Morgan fingerprint density at radius 2 is 1.80 bits per heavy atom. The van der Waals surface area contributed by atoms with Crippen LogP contribution in [0, 0.1) is 0 Å². The Hall–Kier alpha value is -2.22. The third kappa shape index (κ3) is 3.41. The highest BCUT2D eigenvalue weighted by Gasteiger charge is 2.14. The van der Waals surface area contributed by atoms with Crippen molar-refractivity contribution in [3.8, 4) is 17.3 Å². The molecule has 2 N–H and O–H groups in total. The summed E-state index contributed by atoms with van der Waals surface area (Å²) < 4.78 is 28.8. The van der Waals surface area contributed by atoms with Crippen molar-refractivity contribution in [2.75, 3.05) is 6.61 Å². The number of aromatic nitrogens is 4. The van der Waals surface area contributed by atoms with Gasteiger partial charge in [-0.3, -0.25) is 4.98 Å². The molecule has 2 heterocycles. The molecular weight excluding hydrogens is 268 g/mol. The minimum atomic E-state index is -2.54. The van der Waals surface area contributed by atoms with Crippen LogP contribution in [0.15, 0.2) is 24.8 Å². The van der Waals surface area contributed by atoms with E-state index >= 15 is 0 Å². The van der Waals surface area contributed by atoms with E-state index in [0.29, 0.717) is 17.2 Å². The average molecular weight is 281 g/mol. The Balaban J connectivity index is 2.22. The van der Waals surface area contributed by atoms with Gasteiger partial charge in [-0.15, -0.1) is 0 Å². The normalized spacial score (nSPS) is 12.4. The molecule has 0 saturated heterocycles. The fraction of sp³-hybridized carbons (Fsp3) is 0.333. The standard InChI is InChI=1S/C12H13F2N5O/c1-7(15)10-11(17-3-2-16-10)12-18-4-8(5-19-12)20-6-9(13)14/h2-5,7,9H,6,15H2,1H3. The minimum absolute atomic E-state index is 0.167. The molecule has 1 atom stereocenters. The maximum Gasteiger partial charge on any atom is 0.272 e. The molecule has 0 aromatic carbocycles. The maximum absolute atomic E-state index is 12.0. The van der Waals surface area contributed by atoms with Gasteiger partial charge in [-0.05, 0) is 6.92 Å². The number of nitrogens with zero attached hydrogens (tertiary/aromatic N) is 4. The molecule has 20 heavy (non-hydrogen) atoms. The predicted molar refractivity (Wildman–Crippen MR) is 67.2 cm³/mol. The fourth-order valence-corrected chi connectivity index (χ4v) is 1.53. The number of nitrogens with two attached hydrogens (primary N) is 1. The van der Waals surface area contributed by atoms with Crippen molar-refractivity contribution in [2.24, 2.45) is 5.73 Å². The maximum atomic E-state index is 12.0. The molecule has 0 aliphatic heterocycles. The molecule has 8 heteroatoms. The van der Waals surface area contributed by atoms with Crippen molar-refractivity contribution in [1.82, 2.24) is 19.9 Å². The van der Waals surface area contributed by atoms with E-state index < -0.39 is 13.0 Å². The van der Waals surface area contributed by atoms with Crippen molar-refractivity contribution in [1.29, 1.82) is 0 Å². The second kappa shape index (κ2) is 6.29. The van der Waals surface area contributed by atoms with Crippen molar-refractivity contribution >= 4 is 0 Å². The van der Waals surface area contributed by atoms with Gasteiger partial charge in [-0.2, -0.15) is 0 Å². The van der Waals surface area contributed by atoms with Crippen LogP contribution in [0.4, 0.5) is 8.78 Å². The van der Waals surface area contributed by atoms with Crippen LogP contribution in [0.2, 0.25) is 0 Å². The quantitative estimate of drug-likeness (QED) is 0.895. The van der Waals surface area contributed by atoms with Gasteiger partial charge in [0, 0.05) is 18.4 Å². The van der Waals surface area contributed by atoms with Crippen molar-refractivity contribution in [3.05, 3.63) is 30.5 Å². The van der Waals surface area contributed by atoms with Crippen LogP contribution in [-0.2, 0) is 0 Å². The molecule has 0 saturated carbocycles. The molecular formula is C12H13F2N5O. The number of hydrogen-bond donors (Lipinski definition) is 1. The zero-order valence-electron chi connectivity index (χ0n) is 10.7. The highest BCUT2D eigenvalue weighted by molar-refractivity contribution is 5.52. The highest BCUT2D eigenvalue weighted by Crippen LogP contribution is 2.20. The van der Waals surface area contributed by atoms with Crippen LogP contribution in [-0.4, -0.2) is 33.0 Å². The van der Waals surface area contributed by atoms with Gasteiger partial charge in [0.15, 0.2) is 11.6 Å². The first-order chi connectivity index (χ1) is 9.58. The molecule has 1 unspecified atom stereocenters. The van der Waals surface area contributed by atoms with Gasteiger partial charge < -0.3 is 10.5 Å². The molecule has 2 rings (SSSR count). The summed E-state index contributed by atoms with van der Waals surface area (Å²) in [5.74, 6) is 0.482. The van der Waals surface area contributed by atoms with Gasteiger partial charge in [0.1, 0.15) is 12.3 Å². The topological polar surface area (TPSA) is 86.8 Å².